The molecule has 1 atom stereocenters. The van der Waals surface area contributed by atoms with E-state index in [2.05, 4.69) is 10.6 Å². The molecule has 1 aromatic carbocycles. The maximum absolute atomic E-state index is 11.7. The van der Waals surface area contributed by atoms with E-state index in [0.717, 1.165) is 0 Å². The van der Waals surface area contributed by atoms with Gasteiger partial charge < -0.3 is 15.7 Å². The minimum Gasteiger partial charge on any atom is -0.481 e. The number of hydrogen-bond donors (Lipinski definition) is 3. The molecule has 0 saturated carbocycles. The number of carboxylic acid groups (broad SMARTS) is 1. The Kier molecular flexibility index (Phi) is 6.39. The second-order valence-electron chi connectivity index (χ2n) is 4.84. The largest absolute Gasteiger partial charge is 0.481 e. The van der Waals surface area contributed by atoms with Crippen LogP contribution in [-0.2, 0) is 4.79 Å². The molecule has 6 nitrogen and oxygen atoms in total. The standard InChI is InChI=1S/C15H20N2O4/c1-3-11(7-14(19)20)9-16-15(21)17-13-6-4-5-12(8-13)10(2)18/h4-6,8,11H,3,7,9H2,1-2H3,(H,19,20)(H2,16,17,21). The van der Waals surface area contributed by atoms with E-state index >= 15 is 0 Å². The maximum atomic E-state index is 11.7. The Bertz CT molecular complexity index is 528. The molecule has 0 spiro atoms. The second kappa shape index (κ2) is 8.04. The predicted molar refractivity (Wildman–Crippen MR) is 79.5 cm³/mol. The molecular formula is C15H20N2O4. The molecule has 0 bridgehead atoms. The lowest BCUT2D eigenvalue weighted by Gasteiger charge is -2.14. The molecule has 2 amide bonds. The van der Waals surface area contributed by atoms with Gasteiger partial charge in [-0.2, -0.15) is 0 Å². The summed E-state index contributed by atoms with van der Waals surface area (Å²) in [7, 11) is 0. The molecule has 1 rings (SSSR count). The molecular weight excluding hydrogens is 272 g/mol. The highest BCUT2D eigenvalue weighted by molar-refractivity contribution is 5.96. The number of carboxylic acids is 1. The molecule has 114 valence electrons. The van der Waals surface area contributed by atoms with Gasteiger partial charge in [-0.25, -0.2) is 4.79 Å². The molecule has 0 aromatic heterocycles. The van der Waals surface area contributed by atoms with Crippen molar-refractivity contribution in [1.29, 1.82) is 0 Å². The van der Waals surface area contributed by atoms with Crippen LogP contribution in [0, 0.1) is 5.92 Å². The Labute approximate surface area is 123 Å². The van der Waals surface area contributed by atoms with E-state index < -0.39 is 12.0 Å². The minimum absolute atomic E-state index is 0.0244. The predicted octanol–water partition coefficient (Wildman–Crippen LogP) is 2.51. The summed E-state index contributed by atoms with van der Waals surface area (Å²) < 4.78 is 0. The smallest absolute Gasteiger partial charge is 0.319 e. The van der Waals surface area contributed by atoms with Crippen molar-refractivity contribution in [3.8, 4) is 0 Å². The van der Waals surface area contributed by atoms with Crippen molar-refractivity contribution in [1.82, 2.24) is 5.32 Å². The number of hydrogen-bond acceptors (Lipinski definition) is 3. The van der Waals surface area contributed by atoms with Crippen LogP contribution in [0.1, 0.15) is 37.0 Å². The average Bonchev–Trinajstić information content (AvgIpc) is 2.43. The number of rotatable bonds is 7. The molecule has 0 saturated heterocycles. The van der Waals surface area contributed by atoms with Crippen molar-refractivity contribution < 1.29 is 19.5 Å². The molecule has 0 aliphatic carbocycles. The van der Waals surface area contributed by atoms with Crippen LogP contribution >= 0.6 is 0 Å². The van der Waals surface area contributed by atoms with Gasteiger partial charge in [0.15, 0.2) is 5.78 Å². The van der Waals surface area contributed by atoms with Crippen molar-refractivity contribution in [2.75, 3.05) is 11.9 Å². The van der Waals surface area contributed by atoms with E-state index in [9.17, 15) is 14.4 Å². The SMILES string of the molecule is CCC(CNC(=O)Nc1cccc(C(C)=O)c1)CC(=O)O. The number of carbonyl (C=O) groups is 3. The molecule has 0 aliphatic heterocycles. The zero-order valence-electron chi connectivity index (χ0n) is 12.2. The normalized spacial score (nSPS) is 11.5. The third-order valence-corrected chi connectivity index (χ3v) is 3.12. The van der Waals surface area contributed by atoms with Crippen molar-refractivity contribution >= 4 is 23.5 Å². The average molecular weight is 292 g/mol. The van der Waals surface area contributed by atoms with Crippen LogP contribution in [0.3, 0.4) is 0 Å². The number of Topliss-reactive ketones (excluding diaryl/α,β-unsaturated/α-hetero) is 1. The number of carbonyl (C=O) groups excluding carboxylic acids is 2. The van der Waals surface area contributed by atoms with E-state index in [1.165, 1.54) is 6.92 Å². The second-order valence-corrected chi connectivity index (χ2v) is 4.84. The lowest BCUT2D eigenvalue weighted by atomic mass is 10.0. The van der Waals surface area contributed by atoms with E-state index in [0.29, 0.717) is 24.2 Å². The van der Waals surface area contributed by atoms with Gasteiger partial charge in [0.1, 0.15) is 0 Å². The van der Waals surface area contributed by atoms with Crippen LogP contribution in [0.25, 0.3) is 0 Å². The van der Waals surface area contributed by atoms with Crippen LogP contribution in [0.2, 0.25) is 0 Å². The van der Waals surface area contributed by atoms with Gasteiger partial charge in [-0.05, 0) is 25.0 Å². The lowest BCUT2D eigenvalue weighted by Crippen LogP contribution is -2.33. The molecule has 0 radical (unpaired) electrons. The minimum atomic E-state index is -0.877. The fourth-order valence-electron chi connectivity index (χ4n) is 1.84. The first-order valence-corrected chi connectivity index (χ1v) is 6.80. The zero-order chi connectivity index (χ0) is 15.8. The molecule has 0 fully saturated rings. The van der Waals surface area contributed by atoms with Gasteiger partial charge in [0.25, 0.3) is 0 Å². The highest BCUT2D eigenvalue weighted by atomic mass is 16.4. The van der Waals surface area contributed by atoms with Gasteiger partial charge in [0, 0.05) is 24.2 Å². The summed E-state index contributed by atoms with van der Waals surface area (Å²) >= 11 is 0. The number of ketones is 1. The summed E-state index contributed by atoms with van der Waals surface area (Å²) in [6.45, 7) is 3.63. The molecule has 0 heterocycles. The van der Waals surface area contributed by atoms with Gasteiger partial charge in [0.05, 0.1) is 0 Å². The van der Waals surface area contributed by atoms with Crippen molar-refractivity contribution in [2.24, 2.45) is 5.92 Å². The van der Waals surface area contributed by atoms with Gasteiger partial charge >= 0.3 is 12.0 Å². The first-order chi connectivity index (χ1) is 9.92. The molecule has 6 heteroatoms. The van der Waals surface area contributed by atoms with E-state index in [1.54, 1.807) is 24.3 Å². The van der Waals surface area contributed by atoms with E-state index in [-0.39, 0.29) is 18.1 Å². The summed E-state index contributed by atoms with van der Waals surface area (Å²) in [5.74, 6) is -1.05. The van der Waals surface area contributed by atoms with E-state index in [4.69, 9.17) is 5.11 Å². The molecule has 1 unspecified atom stereocenters. The third kappa shape index (κ3) is 6.07. The van der Waals surface area contributed by atoms with Crippen molar-refractivity contribution in [3.63, 3.8) is 0 Å². The number of anilines is 1. The monoisotopic (exact) mass is 292 g/mol. The number of amides is 2. The quantitative estimate of drug-likeness (QED) is 0.673. The summed E-state index contributed by atoms with van der Waals surface area (Å²) in [5, 5.41) is 14.0. The van der Waals surface area contributed by atoms with Crippen LogP contribution < -0.4 is 10.6 Å². The zero-order valence-corrected chi connectivity index (χ0v) is 12.2. The van der Waals surface area contributed by atoms with Crippen LogP contribution in [0.4, 0.5) is 10.5 Å². The molecule has 3 N–H and O–H groups in total. The Morgan fingerprint density at radius 3 is 2.57 bits per heavy atom. The first kappa shape index (κ1) is 16.7. The number of urea groups is 1. The van der Waals surface area contributed by atoms with Gasteiger partial charge in [-0.15, -0.1) is 0 Å². The highest BCUT2D eigenvalue weighted by Gasteiger charge is 2.12. The van der Waals surface area contributed by atoms with Crippen molar-refractivity contribution in [2.45, 2.75) is 26.7 Å². The number of aliphatic carboxylic acids is 1. The van der Waals surface area contributed by atoms with Crippen LogP contribution in [-0.4, -0.2) is 29.4 Å². The summed E-state index contributed by atoms with van der Waals surface area (Å²) in [6.07, 6.45) is 0.697. The van der Waals surface area contributed by atoms with Crippen LogP contribution in [0.5, 0.6) is 0 Å². The fraction of sp³-hybridized carbons (Fsp3) is 0.400. The summed E-state index contributed by atoms with van der Waals surface area (Å²) in [5.41, 5.74) is 1.04. The molecule has 21 heavy (non-hydrogen) atoms. The summed E-state index contributed by atoms with van der Waals surface area (Å²) in [6, 6.07) is 6.22. The third-order valence-electron chi connectivity index (χ3n) is 3.12. The lowest BCUT2D eigenvalue weighted by molar-refractivity contribution is -0.138. The molecule has 0 aliphatic rings. The summed E-state index contributed by atoms with van der Waals surface area (Å²) in [4.78, 5) is 33.6. The topological polar surface area (TPSA) is 95.5 Å². The Balaban J connectivity index is 2.51. The number of benzene rings is 1. The Morgan fingerprint density at radius 1 is 1.29 bits per heavy atom. The molecule has 1 aromatic rings. The van der Waals surface area contributed by atoms with Gasteiger partial charge in [-0.1, -0.05) is 25.5 Å². The fourth-order valence-corrected chi connectivity index (χ4v) is 1.84. The van der Waals surface area contributed by atoms with Crippen LogP contribution in [0.15, 0.2) is 24.3 Å². The number of nitrogens with one attached hydrogen (secondary N) is 2. The highest BCUT2D eigenvalue weighted by Crippen LogP contribution is 2.11. The van der Waals surface area contributed by atoms with Crippen molar-refractivity contribution in [3.05, 3.63) is 29.8 Å². The van der Waals surface area contributed by atoms with Gasteiger partial charge in [-0.3, -0.25) is 9.59 Å². The Hall–Kier alpha value is -2.37. The maximum Gasteiger partial charge on any atom is 0.319 e. The van der Waals surface area contributed by atoms with E-state index in [1.807, 2.05) is 6.92 Å². The Morgan fingerprint density at radius 2 is 2.00 bits per heavy atom. The first-order valence-electron chi connectivity index (χ1n) is 6.80. The van der Waals surface area contributed by atoms with Gasteiger partial charge in [0.2, 0.25) is 0 Å².